The second-order valence-electron chi connectivity index (χ2n) is 4.71. The van der Waals surface area contributed by atoms with Crippen molar-refractivity contribution < 1.29 is 0 Å². The minimum Gasteiger partial charge on any atom is -0.326 e. The van der Waals surface area contributed by atoms with Crippen molar-refractivity contribution >= 4 is 0 Å². The molecule has 1 atom stereocenters. The van der Waals surface area contributed by atoms with Gasteiger partial charge in [0.25, 0.3) is 0 Å². The highest BCUT2D eigenvalue weighted by Gasteiger charge is 2.19. The third-order valence-electron chi connectivity index (χ3n) is 3.21. The van der Waals surface area contributed by atoms with E-state index in [4.69, 9.17) is 5.73 Å². The number of benzene rings is 1. The molecule has 2 rings (SSSR count). The molecule has 1 fully saturated rings. The molecule has 1 heterocycles. The highest BCUT2D eigenvalue weighted by Crippen LogP contribution is 2.16. The van der Waals surface area contributed by atoms with E-state index in [9.17, 15) is 0 Å². The summed E-state index contributed by atoms with van der Waals surface area (Å²) in [5, 5.41) is 0. The molecular weight excluding hydrogens is 184 g/mol. The quantitative estimate of drug-likeness (QED) is 0.796. The number of rotatable bonds is 2. The van der Waals surface area contributed by atoms with Crippen molar-refractivity contribution in [3.05, 3.63) is 34.9 Å². The molecule has 15 heavy (non-hydrogen) atoms. The topological polar surface area (TPSA) is 29.3 Å². The highest BCUT2D eigenvalue weighted by molar-refractivity contribution is 5.30. The standard InChI is InChI=1S/C13H20N2/c1-10-3-4-11(2)12(7-10)8-15-6-5-13(14)9-15/h3-4,7,13H,5-6,8-9,14H2,1-2H3/t13-/m0/s1. The van der Waals surface area contributed by atoms with E-state index < -0.39 is 0 Å². The number of hydrogen-bond donors (Lipinski definition) is 1. The second kappa shape index (κ2) is 4.33. The largest absolute Gasteiger partial charge is 0.326 e. The first-order chi connectivity index (χ1) is 7.15. The molecule has 82 valence electrons. The molecule has 1 saturated heterocycles. The van der Waals surface area contributed by atoms with Gasteiger partial charge < -0.3 is 5.73 Å². The molecular formula is C13H20N2. The van der Waals surface area contributed by atoms with Gasteiger partial charge in [0.05, 0.1) is 0 Å². The molecule has 1 aliphatic rings. The normalized spacial score (nSPS) is 22.2. The fourth-order valence-electron chi connectivity index (χ4n) is 2.22. The first-order valence-electron chi connectivity index (χ1n) is 5.69. The lowest BCUT2D eigenvalue weighted by Crippen LogP contribution is -2.26. The first kappa shape index (κ1) is 10.7. The van der Waals surface area contributed by atoms with Crippen LogP contribution in [0.25, 0.3) is 0 Å². The van der Waals surface area contributed by atoms with Crippen LogP contribution in [-0.4, -0.2) is 24.0 Å². The van der Waals surface area contributed by atoms with E-state index in [0.29, 0.717) is 6.04 Å². The summed E-state index contributed by atoms with van der Waals surface area (Å²) >= 11 is 0. The van der Waals surface area contributed by atoms with E-state index in [1.165, 1.54) is 16.7 Å². The fourth-order valence-corrected chi connectivity index (χ4v) is 2.22. The van der Waals surface area contributed by atoms with Gasteiger partial charge >= 0.3 is 0 Å². The van der Waals surface area contributed by atoms with Crippen molar-refractivity contribution in [2.75, 3.05) is 13.1 Å². The molecule has 2 nitrogen and oxygen atoms in total. The number of nitrogens with zero attached hydrogens (tertiary/aromatic N) is 1. The molecule has 0 unspecified atom stereocenters. The summed E-state index contributed by atoms with van der Waals surface area (Å²) in [4.78, 5) is 2.45. The lowest BCUT2D eigenvalue weighted by Gasteiger charge is -2.17. The average molecular weight is 204 g/mol. The molecule has 0 aliphatic carbocycles. The number of likely N-dealkylation sites (tertiary alicyclic amines) is 1. The summed E-state index contributed by atoms with van der Waals surface area (Å²) in [6.07, 6.45) is 1.14. The van der Waals surface area contributed by atoms with E-state index in [1.54, 1.807) is 0 Å². The monoisotopic (exact) mass is 204 g/mol. The van der Waals surface area contributed by atoms with Gasteiger partial charge in [-0.1, -0.05) is 23.8 Å². The third kappa shape index (κ3) is 2.58. The van der Waals surface area contributed by atoms with E-state index in [0.717, 1.165) is 26.1 Å². The smallest absolute Gasteiger partial charge is 0.0237 e. The Morgan fingerprint density at radius 1 is 1.40 bits per heavy atom. The minimum absolute atomic E-state index is 0.384. The van der Waals surface area contributed by atoms with Gasteiger partial charge in [-0.2, -0.15) is 0 Å². The minimum atomic E-state index is 0.384. The van der Waals surface area contributed by atoms with Crippen LogP contribution in [0.1, 0.15) is 23.1 Å². The predicted molar refractivity (Wildman–Crippen MR) is 63.8 cm³/mol. The molecule has 0 saturated carbocycles. The lowest BCUT2D eigenvalue weighted by molar-refractivity contribution is 0.326. The third-order valence-corrected chi connectivity index (χ3v) is 3.21. The van der Waals surface area contributed by atoms with Crippen LogP contribution in [0.3, 0.4) is 0 Å². The molecule has 1 aliphatic heterocycles. The molecule has 0 spiro atoms. The van der Waals surface area contributed by atoms with Gasteiger partial charge in [-0.05, 0) is 31.4 Å². The van der Waals surface area contributed by atoms with Gasteiger partial charge in [0, 0.05) is 25.7 Å². The van der Waals surface area contributed by atoms with E-state index in [1.807, 2.05) is 0 Å². The Hall–Kier alpha value is -0.860. The number of nitrogens with two attached hydrogens (primary N) is 1. The van der Waals surface area contributed by atoms with Crippen LogP contribution < -0.4 is 5.73 Å². The van der Waals surface area contributed by atoms with Crippen LogP contribution in [0.2, 0.25) is 0 Å². The Kier molecular flexibility index (Phi) is 3.08. The maximum atomic E-state index is 5.91. The molecule has 0 aromatic heterocycles. The Labute approximate surface area is 92.1 Å². The van der Waals surface area contributed by atoms with Crippen LogP contribution in [0.4, 0.5) is 0 Å². The summed E-state index contributed by atoms with van der Waals surface area (Å²) in [5.41, 5.74) is 10.1. The molecule has 2 N–H and O–H groups in total. The van der Waals surface area contributed by atoms with Crippen molar-refractivity contribution in [1.82, 2.24) is 4.90 Å². The first-order valence-corrected chi connectivity index (χ1v) is 5.69. The predicted octanol–water partition coefficient (Wildman–Crippen LogP) is 1.84. The van der Waals surface area contributed by atoms with Crippen molar-refractivity contribution in [3.8, 4) is 0 Å². The maximum absolute atomic E-state index is 5.91. The van der Waals surface area contributed by atoms with E-state index >= 15 is 0 Å². The molecule has 0 amide bonds. The van der Waals surface area contributed by atoms with Crippen molar-refractivity contribution in [3.63, 3.8) is 0 Å². The van der Waals surface area contributed by atoms with Crippen LogP contribution in [0.5, 0.6) is 0 Å². The zero-order valence-electron chi connectivity index (χ0n) is 9.66. The number of hydrogen-bond acceptors (Lipinski definition) is 2. The molecule has 1 aromatic rings. The summed E-state index contributed by atoms with van der Waals surface area (Å²) in [5.74, 6) is 0. The zero-order valence-corrected chi connectivity index (χ0v) is 9.66. The van der Waals surface area contributed by atoms with Gasteiger partial charge in [-0.25, -0.2) is 0 Å². The van der Waals surface area contributed by atoms with Gasteiger partial charge in [-0.3, -0.25) is 4.90 Å². The van der Waals surface area contributed by atoms with Crippen molar-refractivity contribution in [2.24, 2.45) is 5.73 Å². The Morgan fingerprint density at radius 3 is 2.87 bits per heavy atom. The van der Waals surface area contributed by atoms with Gasteiger partial charge in [0.15, 0.2) is 0 Å². The fraction of sp³-hybridized carbons (Fsp3) is 0.538. The van der Waals surface area contributed by atoms with Crippen LogP contribution >= 0.6 is 0 Å². The lowest BCUT2D eigenvalue weighted by atomic mass is 10.1. The Morgan fingerprint density at radius 2 is 2.20 bits per heavy atom. The van der Waals surface area contributed by atoms with Crippen molar-refractivity contribution in [1.29, 1.82) is 0 Å². The molecule has 0 bridgehead atoms. The number of aryl methyl sites for hydroxylation is 2. The average Bonchev–Trinajstić information content (AvgIpc) is 2.58. The Balaban J connectivity index is 2.07. The summed E-state index contributed by atoms with van der Waals surface area (Å²) in [6, 6.07) is 7.06. The summed E-state index contributed by atoms with van der Waals surface area (Å²) in [6.45, 7) is 7.59. The molecule has 2 heteroatoms. The van der Waals surface area contributed by atoms with Gasteiger partial charge in [0.1, 0.15) is 0 Å². The summed E-state index contributed by atoms with van der Waals surface area (Å²) in [7, 11) is 0. The van der Waals surface area contributed by atoms with Crippen LogP contribution in [0.15, 0.2) is 18.2 Å². The van der Waals surface area contributed by atoms with E-state index in [-0.39, 0.29) is 0 Å². The van der Waals surface area contributed by atoms with Gasteiger partial charge in [-0.15, -0.1) is 0 Å². The molecule has 0 radical (unpaired) electrons. The van der Waals surface area contributed by atoms with Crippen molar-refractivity contribution in [2.45, 2.75) is 32.9 Å². The Bertz CT molecular complexity index is 346. The second-order valence-corrected chi connectivity index (χ2v) is 4.71. The van der Waals surface area contributed by atoms with Crippen LogP contribution in [-0.2, 0) is 6.54 Å². The van der Waals surface area contributed by atoms with E-state index in [2.05, 4.69) is 36.9 Å². The SMILES string of the molecule is Cc1ccc(C)c(CN2CC[C@H](N)C2)c1. The summed E-state index contributed by atoms with van der Waals surface area (Å²) < 4.78 is 0. The van der Waals surface area contributed by atoms with Gasteiger partial charge in [0.2, 0.25) is 0 Å². The highest BCUT2D eigenvalue weighted by atomic mass is 15.2. The van der Waals surface area contributed by atoms with Crippen LogP contribution in [0, 0.1) is 13.8 Å². The maximum Gasteiger partial charge on any atom is 0.0237 e. The molecule has 1 aromatic carbocycles. The zero-order chi connectivity index (χ0) is 10.8.